The number of hydrogen-bond donors (Lipinski definition) is 1. The zero-order valence-electron chi connectivity index (χ0n) is 12.6. The van der Waals surface area contributed by atoms with E-state index in [0.717, 1.165) is 36.5 Å². The molecule has 1 aliphatic heterocycles. The monoisotopic (exact) mass is 313 g/mol. The van der Waals surface area contributed by atoms with Crippen molar-refractivity contribution in [1.82, 2.24) is 9.21 Å². The van der Waals surface area contributed by atoms with Crippen LogP contribution in [0.5, 0.6) is 5.75 Å². The van der Waals surface area contributed by atoms with Gasteiger partial charge in [0.1, 0.15) is 5.75 Å². The molecule has 0 saturated carbocycles. The molecule has 0 spiro atoms. The summed E-state index contributed by atoms with van der Waals surface area (Å²) in [5, 5.41) is 0. The fraction of sp³-hybridized carbons (Fsp3) is 0.571. The maximum Gasteiger partial charge on any atom is 0.211 e. The number of methoxy groups -OCH3 is 1. The van der Waals surface area contributed by atoms with Gasteiger partial charge in [0.15, 0.2) is 0 Å². The number of hydrogen-bond acceptors (Lipinski definition) is 5. The Labute approximate surface area is 126 Å². The minimum Gasteiger partial charge on any atom is -0.496 e. The van der Waals surface area contributed by atoms with Gasteiger partial charge in [-0.05, 0) is 17.7 Å². The van der Waals surface area contributed by atoms with E-state index in [2.05, 4.69) is 11.0 Å². The van der Waals surface area contributed by atoms with Crippen LogP contribution < -0.4 is 10.5 Å². The van der Waals surface area contributed by atoms with E-state index in [1.165, 1.54) is 10.6 Å². The molecule has 0 radical (unpaired) electrons. The Bertz CT molecular complexity index is 581. The molecule has 0 aromatic heterocycles. The summed E-state index contributed by atoms with van der Waals surface area (Å²) < 4.78 is 29.9. The standard InChI is InChI=1S/C14H23N3O3S/c1-20-14-4-3-12(10-15)9-13(14)11-16-5-7-17(8-6-16)21(2,18)19/h3-4,9H,5-8,10-11,15H2,1-2H3. The summed E-state index contributed by atoms with van der Waals surface area (Å²) in [6.07, 6.45) is 1.26. The van der Waals surface area contributed by atoms with Gasteiger partial charge in [-0.1, -0.05) is 6.07 Å². The Balaban J connectivity index is 2.03. The molecule has 1 aliphatic rings. The molecule has 1 fully saturated rings. The molecule has 118 valence electrons. The first-order valence-corrected chi connectivity index (χ1v) is 8.82. The summed E-state index contributed by atoms with van der Waals surface area (Å²) in [5.74, 6) is 0.845. The predicted octanol–water partition coefficient (Wildman–Crippen LogP) is 0.231. The normalized spacial score (nSPS) is 17.9. The van der Waals surface area contributed by atoms with Crippen LogP contribution in [0.15, 0.2) is 18.2 Å². The zero-order chi connectivity index (χ0) is 15.5. The number of nitrogens with two attached hydrogens (primary N) is 1. The third kappa shape index (κ3) is 4.16. The number of nitrogens with zero attached hydrogens (tertiary/aromatic N) is 2. The molecule has 1 saturated heterocycles. The first-order valence-electron chi connectivity index (χ1n) is 6.97. The molecule has 2 N–H and O–H groups in total. The highest BCUT2D eigenvalue weighted by atomic mass is 32.2. The van der Waals surface area contributed by atoms with Crippen molar-refractivity contribution in [3.8, 4) is 5.75 Å². The Hall–Kier alpha value is -1.15. The molecule has 2 rings (SSSR count). The highest BCUT2D eigenvalue weighted by Gasteiger charge is 2.23. The second kappa shape index (κ2) is 6.74. The molecule has 0 atom stereocenters. The van der Waals surface area contributed by atoms with Gasteiger partial charge in [-0.2, -0.15) is 4.31 Å². The van der Waals surface area contributed by atoms with E-state index in [4.69, 9.17) is 10.5 Å². The van der Waals surface area contributed by atoms with Crippen molar-refractivity contribution < 1.29 is 13.2 Å². The van der Waals surface area contributed by atoms with Crippen molar-refractivity contribution in [2.75, 3.05) is 39.5 Å². The second-order valence-electron chi connectivity index (χ2n) is 5.29. The lowest BCUT2D eigenvalue weighted by Gasteiger charge is -2.33. The SMILES string of the molecule is COc1ccc(CN)cc1CN1CCN(S(C)(=O)=O)CC1. The molecule has 1 aromatic rings. The van der Waals surface area contributed by atoms with Gasteiger partial charge in [-0.15, -0.1) is 0 Å². The van der Waals surface area contributed by atoms with Crippen LogP contribution in [0.2, 0.25) is 0 Å². The van der Waals surface area contributed by atoms with Gasteiger partial charge in [-0.25, -0.2) is 8.42 Å². The molecule has 1 heterocycles. The minimum atomic E-state index is -3.08. The number of sulfonamides is 1. The van der Waals surface area contributed by atoms with Gasteiger partial charge in [0.05, 0.1) is 13.4 Å². The highest BCUT2D eigenvalue weighted by molar-refractivity contribution is 7.88. The van der Waals surface area contributed by atoms with Gasteiger partial charge in [0.25, 0.3) is 0 Å². The molecule has 1 aromatic carbocycles. The summed E-state index contributed by atoms with van der Waals surface area (Å²) in [6.45, 7) is 3.77. The predicted molar refractivity (Wildman–Crippen MR) is 82.6 cm³/mol. The number of rotatable bonds is 5. The molecular formula is C14H23N3O3S. The summed E-state index contributed by atoms with van der Waals surface area (Å²) in [4.78, 5) is 2.24. The van der Waals surface area contributed by atoms with Gasteiger partial charge in [-0.3, -0.25) is 4.90 Å². The highest BCUT2D eigenvalue weighted by Crippen LogP contribution is 2.22. The molecule has 7 heteroatoms. The molecule has 0 unspecified atom stereocenters. The first kappa shape index (κ1) is 16.2. The van der Waals surface area contributed by atoms with Gasteiger partial charge >= 0.3 is 0 Å². The lowest BCUT2D eigenvalue weighted by molar-refractivity contribution is 0.180. The Morgan fingerprint density at radius 3 is 2.43 bits per heavy atom. The Morgan fingerprint density at radius 1 is 1.24 bits per heavy atom. The summed E-state index contributed by atoms with van der Waals surface area (Å²) in [5.41, 5.74) is 7.84. The number of ether oxygens (including phenoxy) is 1. The topological polar surface area (TPSA) is 75.9 Å². The molecule has 6 nitrogen and oxygen atoms in total. The van der Waals surface area contributed by atoms with Crippen molar-refractivity contribution in [2.45, 2.75) is 13.1 Å². The van der Waals surface area contributed by atoms with Crippen molar-refractivity contribution in [1.29, 1.82) is 0 Å². The summed E-state index contributed by atoms with van der Waals surface area (Å²) in [7, 11) is -1.42. The van der Waals surface area contributed by atoms with E-state index in [-0.39, 0.29) is 0 Å². The van der Waals surface area contributed by atoms with Crippen LogP contribution in [0.1, 0.15) is 11.1 Å². The minimum absolute atomic E-state index is 0.499. The van der Waals surface area contributed by atoms with Crippen molar-refractivity contribution >= 4 is 10.0 Å². The first-order chi connectivity index (χ1) is 9.94. The van der Waals surface area contributed by atoms with Crippen LogP contribution >= 0.6 is 0 Å². The van der Waals surface area contributed by atoms with E-state index in [0.29, 0.717) is 19.6 Å². The van der Waals surface area contributed by atoms with E-state index in [9.17, 15) is 8.42 Å². The maximum atomic E-state index is 11.5. The van der Waals surface area contributed by atoms with Crippen molar-refractivity contribution in [2.24, 2.45) is 5.73 Å². The van der Waals surface area contributed by atoms with E-state index in [1.54, 1.807) is 7.11 Å². The summed E-state index contributed by atoms with van der Waals surface area (Å²) >= 11 is 0. The molecule has 0 amide bonds. The fourth-order valence-corrected chi connectivity index (χ4v) is 3.37. The largest absolute Gasteiger partial charge is 0.496 e. The Morgan fingerprint density at radius 2 is 1.90 bits per heavy atom. The van der Waals surface area contributed by atoms with Gasteiger partial charge in [0.2, 0.25) is 10.0 Å². The third-order valence-corrected chi connectivity index (χ3v) is 5.08. The average molecular weight is 313 g/mol. The molecule has 21 heavy (non-hydrogen) atoms. The number of benzene rings is 1. The lowest BCUT2D eigenvalue weighted by atomic mass is 10.1. The second-order valence-corrected chi connectivity index (χ2v) is 7.27. The van der Waals surface area contributed by atoms with Crippen LogP contribution in [-0.4, -0.2) is 57.2 Å². The maximum absolute atomic E-state index is 11.5. The van der Waals surface area contributed by atoms with Crippen LogP contribution in [-0.2, 0) is 23.1 Å². The van der Waals surface area contributed by atoms with Crippen molar-refractivity contribution in [3.63, 3.8) is 0 Å². The number of piperazine rings is 1. The van der Waals surface area contributed by atoms with Gasteiger partial charge < -0.3 is 10.5 Å². The zero-order valence-corrected chi connectivity index (χ0v) is 13.4. The Kier molecular flexibility index (Phi) is 5.21. The van der Waals surface area contributed by atoms with E-state index < -0.39 is 10.0 Å². The average Bonchev–Trinajstić information content (AvgIpc) is 2.46. The fourth-order valence-electron chi connectivity index (χ4n) is 2.54. The third-order valence-electron chi connectivity index (χ3n) is 3.77. The molecular weight excluding hydrogens is 290 g/mol. The summed E-state index contributed by atoms with van der Waals surface area (Å²) in [6, 6.07) is 5.95. The smallest absolute Gasteiger partial charge is 0.211 e. The van der Waals surface area contributed by atoms with E-state index in [1.807, 2.05) is 12.1 Å². The van der Waals surface area contributed by atoms with E-state index >= 15 is 0 Å². The van der Waals surface area contributed by atoms with Crippen LogP contribution in [0.25, 0.3) is 0 Å². The van der Waals surface area contributed by atoms with Crippen LogP contribution in [0.4, 0.5) is 0 Å². The van der Waals surface area contributed by atoms with Gasteiger partial charge in [0, 0.05) is 44.8 Å². The quantitative estimate of drug-likeness (QED) is 0.842. The molecule has 0 bridgehead atoms. The van der Waals surface area contributed by atoms with Crippen LogP contribution in [0.3, 0.4) is 0 Å². The van der Waals surface area contributed by atoms with Crippen molar-refractivity contribution in [3.05, 3.63) is 29.3 Å². The molecule has 0 aliphatic carbocycles. The lowest BCUT2D eigenvalue weighted by Crippen LogP contribution is -2.47. The van der Waals surface area contributed by atoms with Crippen LogP contribution in [0, 0.1) is 0 Å².